The molecule has 1 aliphatic rings. The van der Waals surface area contributed by atoms with Gasteiger partial charge in [0.2, 0.25) is 0 Å². The van der Waals surface area contributed by atoms with Crippen LogP contribution in [-0.2, 0) is 19.5 Å². The van der Waals surface area contributed by atoms with Gasteiger partial charge in [0, 0.05) is 26.7 Å². The Balaban J connectivity index is 0.00000225. The maximum Gasteiger partial charge on any atom is 0.194 e. The molecule has 2 heterocycles. The van der Waals surface area contributed by atoms with Gasteiger partial charge < -0.3 is 19.7 Å². The SMILES string of the molecule is CN=C(NCc1ccsc1)N1CCc2cc(OC)c(OC)cc2C1.I. The number of hydrogen-bond donors (Lipinski definition) is 1. The summed E-state index contributed by atoms with van der Waals surface area (Å²) in [6.07, 6.45) is 0.967. The van der Waals surface area contributed by atoms with Crippen LogP contribution in [0, 0.1) is 0 Å². The first-order valence-electron chi connectivity index (χ1n) is 7.95. The van der Waals surface area contributed by atoms with Crippen LogP contribution in [0.4, 0.5) is 0 Å². The monoisotopic (exact) mass is 473 g/mol. The van der Waals surface area contributed by atoms with Crippen molar-refractivity contribution in [1.82, 2.24) is 10.2 Å². The Labute approximate surface area is 170 Å². The quantitative estimate of drug-likeness (QED) is 0.420. The fourth-order valence-electron chi connectivity index (χ4n) is 2.97. The Morgan fingerprint density at radius 3 is 2.56 bits per heavy atom. The van der Waals surface area contributed by atoms with Crippen molar-refractivity contribution in [3.05, 3.63) is 45.6 Å². The number of halogens is 1. The van der Waals surface area contributed by atoms with Gasteiger partial charge in [0.05, 0.1) is 14.2 Å². The Kier molecular flexibility index (Phi) is 7.37. The molecule has 0 radical (unpaired) electrons. The van der Waals surface area contributed by atoms with Gasteiger partial charge in [-0.2, -0.15) is 11.3 Å². The predicted molar refractivity (Wildman–Crippen MR) is 114 cm³/mol. The summed E-state index contributed by atoms with van der Waals surface area (Å²) in [5.74, 6) is 2.51. The molecule has 1 N–H and O–H groups in total. The molecule has 0 saturated heterocycles. The molecule has 3 rings (SSSR count). The van der Waals surface area contributed by atoms with Crippen molar-refractivity contribution in [2.24, 2.45) is 4.99 Å². The lowest BCUT2D eigenvalue weighted by Gasteiger charge is -2.32. The summed E-state index contributed by atoms with van der Waals surface area (Å²) >= 11 is 1.71. The van der Waals surface area contributed by atoms with Crippen LogP contribution in [0.2, 0.25) is 0 Å². The summed E-state index contributed by atoms with van der Waals surface area (Å²) in [5.41, 5.74) is 3.86. The number of fused-ring (bicyclic) bond motifs is 1. The molecule has 0 saturated carbocycles. The van der Waals surface area contributed by atoms with E-state index in [1.807, 2.05) is 7.05 Å². The lowest BCUT2D eigenvalue weighted by molar-refractivity contribution is 0.346. The van der Waals surface area contributed by atoms with Crippen LogP contribution < -0.4 is 14.8 Å². The third-order valence-corrected chi connectivity index (χ3v) is 4.99. The summed E-state index contributed by atoms with van der Waals surface area (Å²) < 4.78 is 10.8. The highest BCUT2D eigenvalue weighted by atomic mass is 127. The molecule has 0 aliphatic carbocycles. The molecule has 5 nitrogen and oxygen atoms in total. The van der Waals surface area contributed by atoms with E-state index in [2.05, 4.69) is 44.2 Å². The fourth-order valence-corrected chi connectivity index (χ4v) is 3.64. The third kappa shape index (κ3) is 4.58. The van der Waals surface area contributed by atoms with E-state index >= 15 is 0 Å². The van der Waals surface area contributed by atoms with E-state index in [4.69, 9.17) is 9.47 Å². The summed E-state index contributed by atoms with van der Waals surface area (Å²) in [5, 5.41) is 7.70. The molecule has 0 bridgehead atoms. The Bertz CT molecular complexity index is 719. The second-order valence-corrected chi connectivity index (χ2v) is 6.46. The molecule has 0 atom stereocenters. The van der Waals surface area contributed by atoms with Gasteiger partial charge in [-0.25, -0.2) is 0 Å². The third-order valence-electron chi connectivity index (χ3n) is 4.26. The van der Waals surface area contributed by atoms with Crippen molar-refractivity contribution in [3.8, 4) is 11.5 Å². The van der Waals surface area contributed by atoms with Gasteiger partial charge in [-0.05, 0) is 52.1 Å². The number of ether oxygens (including phenoxy) is 2. The average molecular weight is 473 g/mol. The number of hydrogen-bond acceptors (Lipinski definition) is 4. The predicted octanol–water partition coefficient (Wildman–Crippen LogP) is 3.52. The molecule has 25 heavy (non-hydrogen) atoms. The number of aliphatic imine (C=N–C) groups is 1. The van der Waals surface area contributed by atoms with Crippen LogP contribution in [0.15, 0.2) is 34.0 Å². The van der Waals surface area contributed by atoms with Crippen molar-refractivity contribution < 1.29 is 9.47 Å². The normalized spacial score (nSPS) is 13.7. The zero-order chi connectivity index (χ0) is 16.9. The van der Waals surface area contributed by atoms with Gasteiger partial charge in [-0.3, -0.25) is 4.99 Å². The average Bonchev–Trinajstić information content (AvgIpc) is 3.14. The molecule has 136 valence electrons. The van der Waals surface area contributed by atoms with Gasteiger partial charge in [0.25, 0.3) is 0 Å². The maximum atomic E-state index is 5.43. The van der Waals surface area contributed by atoms with E-state index in [0.29, 0.717) is 0 Å². The standard InChI is InChI=1S/C18H23N3O2S.HI/c1-19-18(20-10-13-5-7-24-12-13)21-6-4-14-8-16(22-2)17(23-3)9-15(14)11-21;/h5,7-9,12H,4,6,10-11H2,1-3H3,(H,19,20);1H. The van der Waals surface area contributed by atoms with E-state index in [1.54, 1.807) is 25.6 Å². The van der Waals surface area contributed by atoms with Crippen LogP contribution in [0.3, 0.4) is 0 Å². The number of nitrogens with zero attached hydrogens (tertiary/aromatic N) is 2. The molecular formula is C18H24IN3O2S. The minimum Gasteiger partial charge on any atom is -0.493 e. The smallest absolute Gasteiger partial charge is 0.194 e. The largest absolute Gasteiger partial charge is 0.493 e. The van der Waals surface area contributed by atoms with Gasteiger partial charge in [-0.15, -0.1) is 24.0 Å². The zero-order valence-corrected chi connectivity index (χ0v) is 17.9. The lowest BCUT2D eigenvalue weighted by atomic mass is 9.99. The summed E-state index contributed by atoms with van der Waals surface area (Å²) in [6, 6.07) is 6.30. The van der Waals surface area contributed by atoms with Crippen molar-refractivity contribution in [1.29, 1.82) is 0 Å². The number of nitrogens with one attached hydrogen (secondary N) is 1. The number of rotatable bonds is 4. The van der Waals surface area contributed by atoms with Crippen LogP contribution >= 0.6 is 35.3 Å². The summed E-state index contributed by atoms with van der Waals surface area (Å²) in [7, 11) is 5.18. The van der Waals surface area contributed by atoms with Gasteiger partial charge in [-0.1, -0.05) is 0 Å². The lowest BCUT2D eigenvalue weighted by Crippen LogP contribution is -2.43. The van der Waals surface area contributed by atoms with Gasteiger partial charge in [0.1, 0.15) is 0 Å². The van der Waals surface area contributed by atoms with Crippen LogP contribution in [0.1, 0.15) is 16.7 Å². The van der Waals surface area contributed by atoms with E-state index < -0.39 is 0 Å². The maximum absolute atomic E-state index is 5.43. The highest BCUT2D eigenvalue weighted by molar-refractivity contribution is 14.0. The Morgan fingerprint density at radius 2 is 1.96 bits per heavy atom. The summed E-state index contributed by atoms with van der Waals surface area (Å²) in [6.45, 7) is 2.55. The second kappa shape index (κ2) is 9.28. The van der Waals surface area contributed by atoms with E-state index in [1.165, 1.54) is 16.7 Å². The first-order valence-corrected chi connectivity index (χ1v) is 8.90. The summed E-state index contributed by atoms with van der Waals surface area (Å²) in [4.78, 5) is 6.72. The van der Waals surface area contributed by atoms with Crippen LogP contribution in [0.5, 0.6) is 11.5 Å². The molecule has 7 heteroatoms. The molecule has 2 aromatic rings. The second-order valence-electron chi connectivity index (χ2n) is 5.68. The van der Waals surface area contributed by atoms with Gasteiger partial charge >= 0.3 is 0 Å². The molecule has 1 aliphatic heterocycles. The molecule has 0 unspecified atom stereocenters. The van der Waals surface area contributed by atoms with E-state index in [9.17, 15) is 0 Å². The zero-order valence-electron chi connectivity index (χ0n) is 14.7. The van der Waals surface area contributed by atoms with E-state index in [-0.39, 0.29) is 24.0 Å². The molecule has 1 aromatic heterocycles. The highest BCUT2D eigenvalue weighted by Gasteiger charge is 2.21. The fraction of sp³-hybridized carbons (Fsp3) is 0.389. The topological polar surface area (TPSA) is 46.1 Å². The first-order chi connectivity index (χ1) is 11.7. The molecule has 0 amide bonds. The van der Waals surface area contributed by atoms with Crippen LogP contribution in [0.25, 0.3) is 0 Å². The van der Waals surface area contributed by atoms with E-state index in [0.717, 1.165) is 43.5 Å². The number of guanidine groups is 1. The molecule has 0 spiro atoms. The number of benzene rings is 1. The van der Waals surface area contributed by atoms with Crippen molar-refractivity contribution in [2.45, 2.75) is 19.5 Å². The highest BCUT2D eigenvalue weighted by Crippen LogP contribution is 2.33. The molecule has 1 aromatic carbocycles. The van der Waals surface area contributed by atoms with Crippen molar-refractivity contribution >= 4 is 41.3 Å². The number of methoxy groups -OCH3 is 2. The van der Waals surface area contributed by atoms with Crippen molar-refractivity contribution in [2.75, 3.05) is 27.8 Å². The molecular weight excluding hydrogens is 449 g/mol. The minimum atomic E-state index is 0. The first kappa shape index (κ1) is 19.8. The van der Waals surface area contributed by atoms with Gasteiger partial charge in [0.15, 0.2) is 17.5 Å². The Hall–Kier alpha value is -1.48. The Morgan fingerprint density at radius 1 is 1.24 bits per heavy atom. The van der Waals surface area contributed by atoms with Crippen LogP contribution in [-0.4, -0.2) is 38.7 Å². The van der Waals surface area contributed by atoms with Crippen molar-refractivity contribution in [3.63, 3.8) is 0 Å². The minimum absolute atomic E-state index is 0. The number of thiophene rings is 1. The molecule has 0 fully saturated rings.